The summed E-state index contributed by atoms with van der Waals surface area (Å²) in [6.45, 7) is 30.5. The van der Waals surface area contributed by atoms with Gasteiger partial charge in [-0.15, -0.1) is 0 Å². The van der Waals surface area contributed by atoms with Crippen LogP contribution in [-0.4, -0.2) is 0 Å². The predicted octanol–water partition coefficient (Wildman–Crippen LogP) is 14.6. The van der Waals surface area contributed by atoms with E-state index in [1.165, 1.54) is 112 Å². The van der Waals surface area contributed by atoms with E-state index in [4.69, 9.17) is 0 Å². The second-order valence-electron chi connectivity index (χ2n) is 19.5. The number of anilines is 3. The van der Waals surface area contributed by atoms with Crippen molar-refractivity contribution in [3.8, 4) is 33.4 Å². The van der Waals surface area contributed by atoms with Crippen LogP contribution < -0.4 is 4.90 Å². The molecule has 0 fully saturated rings. The van der Waals surface area contributed by atoms with E-state index in [9.17, 15) is 0 Å². The molecule has 6 aromatic carbocycles. The molecule has 3 aliphatic rings. The minimum Gasteiger partial charge on any atom is -0.309 e. The molecule has 6 aromatic rings. The van der Waals surface area contributed by atoms with E-state index in [1.54, 1.807) is 0 Å². The third-order valence-electron chi connectivity index (χ3n) is 13.4. The Morgan fingerprint density at radius 2 is 0.778 bits per heavy atom. The minimum absolute atomic E-state index is 0.0875. The molecule has 3 aliphatic carbocycles. The van der Waals surface area contributed by atoms with Crippen LogP contribution in [0.25, 0.3) is 33.4 Å². The Labute approximate surface area is 324 Å². The lowest BCUT2D eigenvalue weighted by atomic mass is 9.79. The molecule has 0 atom stereocenters. The summed E-state index contributed by atoms with van der Waals surface area (Å²) in [6.07, 6.45) is 0. The Hall–Kier alpha value is -4.88. The fourth-order valence-corrected chi connectivity index (χ4v) is 10.3. The highest BCUT2D eigenvalue weighted by atomic mass is 15.1. The lowest BCUT2D eigenvalue weighted by Gasteiger charge is -2.33. The van der Waals surface area contributed by atoms with Gasteiger partial charge in [0.1, 0.15) is 0 Å². The molecule has 0 bridgehead atoms. The summed E-state index contributed by atoms with van der Waals surface area (Å²) in [5, 5.41) is 0. The van der Waals surface area contributed by atoms with Crippen LogP contribution in [0.1, 0.15) is 124 Å². The molecule has 0 aromatic heterocycles. The van der Waals surface area contributed by atoms with Crippen molar-refractivity contribution in [3.05, 3.63) is 158 Å². The Kier molecular flexibility index (Phi) is 7.16. The van der Waals surface area contributed by atoms with Crippen LogP contribution >= 0.6 is 0 Å². The van der Waals surface area contributed by atoms with Gasteiger partial charge in [0.25, 0.3) is 0 Å². The van der Waals surface area contributed by atoms with Crippen LogP contribution in [0.2, 0.25) is 0 Å². The summed E-state index contributed by atoms with van der Waals surface area (Å²) in [4.78, 5) is 2.65. The summed E-state index contributed by atoms with van der Waals surface area (Å²) < 4.78 is 0. The molecule has 1 heteroatoms. The van der Waals surface area contributed by atoms with Gasteiger partial charge in [0.05, 0.1) is 11.4 Å². The molecule has 0 N–H and O–H groups in total. The summed E-state index contributed by atoms with van der Waals surface area (Å²) in [6, 6.07) is 38.6. The maximum atomic E-state index is 2.65. The lowest BCUT2D eigenvalue weighted by Crippen LogP contribution is -2.19. The van der Waals surface area contributed by atoms with Crippen molar-refractivity contribution >= 4 is 17.1 Å². The molecule has 0 heterocycles. The number of fused-ring (bicyclic) bond motifs is 9. The maximum Gasteiger partial charge on any atom is 0.0546 e. The predicted molar refractivity (Wildman–Crippen MR) is 231 cm³/mol. The zero-order chi connectivity index (χ0) is 38.4. The monoisotopic (exact) mass is 705 g/mol. The van der Waals surface area contributed by atoms with Crippen LogP contribution in [0, 0.1) is 27.7 Å². The average molecular weight is 706 g/mol. The summed E-state index contributed by atoms with van der Waals surface area (Å²) in [5.74, 6) is 0. The first-order valence-electron chi connectivity index (χ1n) is 19.9. The normalized spacial score (nSPS) is 16.3. The Morgan fingerprint density at radius 3 is 1.26 bits per heavy atom. The highest BCUT2D eigenvalue weighted by molar-refractivity contribution is 6.01. The van der Waals surface area contributed by atoms with E-state index in [-0.39, 0.29) is 21.7 Å². The van der Waals surface area contributed by atoms with Gasteiger partial charge >= 0.3 is 0 Å². The van der Waals surface area contributed by atoms with Crippen LogP contribution in [0.3, 0.4) is 0 Å². The largest absolute Gasteiger partial charge is 0.309 e. The third-order valence-corrected chi connectivity index (χ3v) is 13.4. The summed E-state index contributed by atoms with van der Waals surface area (Å²) in [7, 11) is 0. The zero-order valence-corrected chi connectivity index (χ0v) is 34.7. The minimum atomic E-state index is -0.144. The van der Waals surface area contributed by atoms with Crippen molar-refractivity contribution in [3.63, 3.8) is 0 Å². The van der Waals surface area contributed by atoms with Crippen molar-refractivity contribution in [1.29, 1.82) is 0 Å². The van der Waals surface area contributed by atoms with Crippen molar-refractivity contribution in [2.24, 2.45) is 0 Å². The second-order valence-corrected chi connectivity index (χ2v) is 19.5. The molecule has 0 aliphatic heterocycles. The maximum absolute atomic E-state index is 2.65. The van der Waals surface area contributed by atoms with E-state index in [1.807, 2.05) is 0 Å². The van der Waals surface area contributed by atoms with Crippen molar-refractivity contribution in [2.45, 2.75) is 112 Å². The highest BCUT2D eigenvalue weighted by Crippen LogP contribution is 2.60. The molecule has 0 amide bonds. The van der Waals surface area contributed by atoms with Gasteiger partial charge in [-0.25, -0.2) is 0 Å². The fraction of sp³-hybridized carbons (Fsp3) is 0.321. The molecule has 54 heavy (non-hydrogen) atoms. The quantitative estimate of drug-likeness (QED) is 0.177. The number of hydrogen-bond donors (Lipinski definition) is 0. The van der Waals surface area contributed by atoms with Gasteiger partial charge in [-0.2, -0.15) is 0 Å². The first-order chi connectivity index (χ1) is 25.3. The van der Waals surface area contributed by atoms with Crippen LogP contribution in [-0.2, 0) is 21.7 Å². The fourth-order valence-electron chi connectivity index (χ4n) is 10.3. The first kappa shape index (κ1) is 34.9. The van der Waals surface area contributed by atoms with Crippen molar-refractivity contribution < 1.29 is 0 Å². The van der Waals surface area contributed by atoms with E-state index < -0.39 is 0 Å². The number of nitrogens with zero attached hydrogens (tertiary/aromatic N) is 1. The van der Waals surface area contributed by atoms with E-state index >= 15 is 0 Å². The summed E-state index contributed by atoms with van der Waals surface area (Å²) >= 11 is 0. The van der Waals surface area contributed by atoms with Gasteiger partial charge in [-0.05, 0) is 130 Å². The lowest BCUT2D eigenvalue weighted by molar-refractivity contribution is 0.584. The van der Waals surface area contributed by atoms with Crippen molar-refractivity contribution in [2.75, 3.05) is 4.90 Å². The average Bonchev–Trinajstić information content (AvgIpc) is 3.56. The molecule has 1 nitrogen and oxygen atoms in total. The second kappa shape index (κ2) is 11.1. The summed E-state index contributed by atoms with van der Waals surface area (Å²) in [5.41, 5.74) is 26.6. The molecule has 272 valence electrons. The third kappa shape index (κ3) is 4.76. The van der Waals surface area contributed by atoms with Crippen molar-refractivity contribution in [1.82, 2.24) is 0 Å². The van der Waals surface area contributed by atoms with E-state index in [2.05, 4.69) is 192 Å². The smallest absolute Gasteiger partial charge is 0.0546 e. The van der Waals surface area contributed by atoms with E-state index in [0.29, 0.717) is 0 Å². The molecular formula is C53H55N. The molecule has 0 radical (unpaired) electrons. The van der Waals surface area contributed by atoms with E-state index in [0.717, 1.165) is 0 Å². The number of benzene rings is 6. The highest BCUT2D eigenvalue weighted by Gasteiger charge is 2.43. The van der Waals surface area contributed by atoms with Gasteiger partial charge in [-0.1, -0.05) is 146 Å². The Balaban J connectivity index is 1.37. The standard InChI is InChI=1S/C53H55N/c1-30-14-18-38-40(22-30)52(10,11)44-24-32(3)26-46(48(38)44)54(47-27-33(4)25-45-49(47)39-19-15-31(2)23-41(39)53(45,12)13)35-17-21-37-36-20-16-34(50(5,6)7)28-42(36)51(8,9)43(37)29-35/h14-29H,1-13H3. The van der Waals surface area contributed by atoms with Gasteiger partial charge < -0.3 is 4.90 Å². The zero-order valence-electron chi connectivity index (χ0n) is 34.7. The topological polar surface area (TPSA) is 3.24 Å². The molecule has 9 rings (SSSR count). The number of hydrogen-bond acceptors (Lipinski definition) is 1. The molecule has 0 saturated heterocycles. The number of aryl methyl sites for hydroxylation is 4. The Morgan fingerprint density at radius 1 is 0.389 bits per heavy atom. The van der Waals surface area contributed by atoms with Gasteiger partial charge in [0, 0.05) is 33.1 Å². The SMILES string of the molecule is Cc1ccc2c(c1)C(C)(C)c1cc(C)cc(N(c3ccc4c(c3)C(C)(C)c3cc(C(C)(C)C)ccc3-4)c3cc(C)cc4c3-c3ccc(C)cc3C4(C)C)c1-2. The van der Waals surface area contributed by atoms with Crippen LogP contribution in [0.5, 0.6) is 0 Å². The van der Waals surface area contributed by atoms with Gasteiger partial charge in [-0.3, -0.25) is 0 Å². The molecule has 0 unspecified atom stereocenters. The van der Waals surface area contributed by atoms with Gasteiger partial charge in [0.2, 0.25) is 0 Å². The van der Waals surface area contributed by atoms with Gasteiger partial charge in [0.15, 0.2) is 0 Å². The first-order valence-corrected chi connectivity index (χ1v) is 19.9. The Bertz CT molecular complexity index is 2480. The van der Waals surface area contributed by atoms with Crippen LogP contribution in [0.4, 0.5) is 17.1 Å². The molecular weight excluding hydrogens is 651 g/mol. The number of rotatable bonds is 3. The van der Waals surface area contributed by atoms with Crippen LogP contribution in [0.15, 0.2) is 97.1 Å². The molecule has 0 saturated carbocycles. The molecule has 0 spiro atoms.